The summed E-state index contributed by atoms with van der Waals surface area (Å²) in [5, 5.41) is 3.31. The molecule has 1 aliphatic heterocycles. The smallest absolute Gasteiger partial charge is 0.220 e. The molecule has 3 fully saturated rings. The SMILES string of the molecule is O=C(CCC1CCCC1)N[C@H]1CCN(c2nc3ccccc3n2C2CCCC2)C1. The summed E-state index contributed by atoms with van der Waals surface area (Å²) >= 11 is 0. The molecule has 5 heteroatoms. The van der Waals surface area contributed by atoms with Crippen molar-refractivity contribution < 1.29 is 4.79 Å². The van der Waals surface area contributed by atoms with Crippen molar-refractivity contribution in [2.75, 3.05) is 18.0 Å². The van der Waals surface area contributed by atoms with Gasteiger partial charge in [0.2, 0.25) is 11.9 Å². The van der Waals surface area contributed by atoms with E-state index in [9.17, 15) is 4.79 Å². The molecule has 0 spiro atoms. The topological polar surface area (TPSA) is 50.2 Å². The Labute approximate surface area is 173 Å². The minimum atomic E-state index is 0.244. The molecule has 5 rings (SSSR count). The molecule has 0 unspecified atom stereocenters. The first kappa shape index (κ1) is 19.0. The second kappa shape index (κ2) is 8.37. The number of benzene rings is 1. The minimum Gasteiger partial charge on any atom is -0.352 e. The number of aromatic nitrogens is 2. The van der Waals surface area contributed by atoms with Crippen LogP contribution < -0.4 is 10.2 Å². The van der Waals surface area contributed by atoms with Crippen molar-refractivity contribution in [2.24, 2.45) is 5.92 Å². The second-order valence-corrected chi connectivity index (χ2v) is 9.40. The highest BCUT2D eigenvalue weighted by Gasteiger charge is 2.30. The van der Waals surface area contributed by atoms with Crippen LogP contribution in [0.25, 0.3) is 11.0 Å². The highest BCUT2D eigenvalue weighted by Crippen LogP contribution is 2.37. The van der Waals surface area contributed by atoms with Crippen molar-refractivity contribution in [3.8, 4) is 0 Å². The molecule has 156 valence electrons. The lowest BCUT2D eigenvalue weighted by Gasteiger charge is -2.23. The molecular weight excluding hydrogens is 360 g/mol. The van der Waals surface area contributed by atoms with E-state index in [0.29, 0.717) is 12.5 Å². The van der Waals surface area contributed by atoms with Crippen LogP contribution in [0, 0.1) is 5.92 Å². The molecule has 3 aliphatic rings. The van der Waals surface area contributed by atoms with Gasteiger partial charge in [0.05, 0.1) is 11.0 Å². The fourth-order valence-corrected chi connectivity index (χ4v) is 5.77. The second-order valence-electron chi connectivity index (χ2n) is 9.40. The Morgan fingerprint density at radius 2 is 1.79 bits per heavy atom. The van der Waals surface area contributed by atoms with Crippen LogP contribution in [0.1, 0.15) is 76.7 Å². The van der Waals surface area contributed by atoms with E-state index in [4.69, 9.17) is 4.98 Å². The first-order chi connectivity index (χ1) is 14.3. The minimum absolute atomic E-state index is 0.244. The van der Waals surface area contributed by atoms with E-state index < -0.39 is 0 Å². The number of nitrogens with one attached hydrogen (secondary N) is 1. The van der Waals surface area contributed by atoms with E-state index in [1.165, 1.54) is 56.9 Å². The maximum atomic E-state index is 12.5. The number of para-hydroxylation sites is 2. The number of imidazole rings is 1. The molecule has 1 saturated heterocycles. The monoisotopic (exact) mass is 394 g/mol. The third kappa shape index (κ3) is 4.01. The van der Waals surface area contributed by atoms with Gasteiger partial charge in [-0.1, -0.05) is 50.7 Å². The summed E-state index contributed by atoms with van der Waals surface area (Å²) < 4.78 is 2.49. The summed E-state index contributed by atoms with van der Waals surface area (Å²) in [5.74, 6) is 2.14. The molecule has 1 amide bonds. The zero-order valence-electron chi connectivity index (χ0n) is 17.5. The number of rotatable bonds is 6. The fourth-order valence-electron chi connectivity index (χ4n) is 5.77. The third-order valence-corrected chi connectivity index (χ3v) is 7.36. The largest absolute Gasteiger partial charge is 0.352 e. The third-order valence-electron chi connectivity index (χ3n) is 7.36. The van der Waals surface area contributed by atoms with Crippen LogP contribution in [0.5, 0.6) is 0 Å². The first-order valence-corrected chi connectivity index (χ1v) is 11.8. The van der Waals surface area contributed by atoms with Gasteiger partial charge in [0.15, 0.2) is 0 Å². The molecule has 0 bridgehead atoms. The van der Waals surface area contributed by atoms with Crippen molar-refractivity contribution in [3.63, 3.8) is 0 Å². The van der Waals surface area contributed by atoms with Gasteiger partial charge in [-0.25, -0.2) is 4.98 Å². The zero-order chi connectivity index (χ0) is 19.6. The van der Waals surface area contributed by atoms with Crippen LogP contribution in [0.15, 0.2) is 24.3 Å². The van der Waals surface area contributed by atoms with Crippen molar-refractivity contribution >= 4 is 22.9 Å². The quantitative estimate of drug-likeness (QED) is 0.764. The summed E-state index contributed by atoms with van der Waals surface area (Å²) in [6, 6.07) is 9.36. The molecule has 1 aromatic heterocycles. The number of hydrogen-bond donors (Lipinski definition) is 1. The van der Waals surface area contributed by atoms with Crippen molar-refractivity contribution in [2.45, 2.75) is 82.7 Å². The lowest BCUT2D eigenvalue weighted by atomic mass is 10.0. The Morgan fingerprint density at radius 3 is 2.62 bits per heavy atom. The normalized spacial score (nSPS) is 23.4. The van der Waals surface area contributed by atoms with Gasteiger partial charge < -0.3 is 14.8 Å². The molecular formula is C24H34N4O. The van der Waals surface area contributed by atoms with E-state index in [0.717, 1.165) is 43.3 Å². The average Bonchev–Trinajstić information content (AvgIpc) is 3.52. The Hall–Kier alpha value is -2.04. The van der Waals surface area contributed by atoms with Crippen LogP contribution in [0.4, 0.5) is 5.95 Å². The van der Waals surface area contributed by atoms with Gasteiger partial charge >= 0.3 is 0 Å². The van der Waals surface area contributed by atoms with E-state index in [-0.39, 0.29) is 11.9 Å². The maximum absolute atomic E-state index is 12.5. The molecule has 1 N–H and O–H groups in total. The number of amides is 1. The van der Waals surface area contributed by atoms with Gasteiger partial charge in [-0.2, -0.15) is 0 Å². The number of anilines is 1. The van der Waals surface area contributed by atoms with Crippen molar-refractivity contribution in [1.29, 1.82) is 0 Å². The fraction of sp³-hybridized carbons (Fsp3) is 0.667. The van der Waals surface area contributed by atoms with Gasteiger partial charge in [-0.3, -0.25) is 4.79 Å². The Bertz CT molecular complexity index is 848. The molecule has 5 nitrogen and oxygen atoms in total. The zero-order valence-corrected chi connectivity index (χ0v) is 17.5. The summed E-state index contributed by atoms with van der Waals surface area (Å²) in [6.07, 6.45) is 13.3. The first-order valence-electron chi connectivity index (χ1n) is 11.8. The van der Waals surface area contributed by atoms with Crippen molar-refractivity contribution in [1.82, 2.24) is 14.9 Å². The summed E-state index contributed by atoms with van der Waals surface area (Å²) in [4.78, 5) is 19.9. The predicted molar refractivity (Wildman–Crippen MR) is 117 cm³/mol. The Balaban J connectivity index is 1.25. The molecule has 29 heavy (non-hydrogen) atoms. The summed E-state index contributed by atoms with van der Waals surface area (Å²) in [7, 11) is 0. The van der Waals surface area contributed by atoms with Crippen LogP contribution in [-0.2, 0) is 4.79 Å². The Kier molecular flexibility index (Phi) is 5.47. The van der Waals surface area contributed by atoms with Gasteiger partial charge in [-0.15, -0.1) is 0 Å². The van der Waals surface area contributed by atoms with Crippen LogP contribution in [0.3, 0.4) is 0 Å². The lowest BCUT2D eigenvalue weighted by molar-refractivity contribution is -0.121. The highest BCUT2D eigenvalue weighted by atomic mass is 16.1. The van der Waals surface area contributed by atoms with Gasteiger partial charge in [0, 0.05) is 31.6 Å². The average molecular weight is 395 g/mol. The number of carbonyl (C=O) groups excluding carboxylic acids is 1. The number of fused-ring (bicyclic) bond motifs is 1. The number of hydrogen-bond acceptors (Lipinski definition) is 3. The van der Waals surface area contributed by atoms with E-state index in [1.54, 1.807) is 0 Å². The molecule has 2 heterocycles. The molecule has 1 aromatic carbocycles. The lowest BCUT2D eigenvalue weighted by Crippen LogP contribution is -2.37. The molecule has 2 saturated carbocycles. The van der Waals surface area contributed by atoms with Gasteiger partial charge in [0.25, 0.3) is 0 Å². The van der Waals surface area contributed by atoms with E-state index in [1.807, 2.05) is 0 Å². The van der Waals surface area contributed by atoms with E-state index in [2.05, 4.69) is 39.0 Å². The standard InChI is InChI=1S/C24H34N4O/c29-23(14-13-18-7-1-2-8-18)25-19-15-16-27(17-19)24-26-21-11-5-6-12-22(21)28(24)20-9-3-4-10-20/h5-6,11-12,18-20H,1-4,7-10,13-17H2,(H,25,29)/t19-/m0/s1. The number of nitrogens with zero attached hydrogens (tertiary/aromatic N) is 3. The van der Waals surface area contributed by atoms with Gasteiger partial charge in [-0.05, 0) is 43.7 Å². The van der Waals surface area contributed by atoms with Crippen LogP contribution in [0.2, 0.25) is 0 Å². The summed E-state index contributed by atoms with van der Waals surface area (Å²) in [5.41, 5.74) is 2.36. The summed E-state index contributed by atoms with van der Waals surface area (Å²) in [6.45, 7) is 1.86. The number of carbonyl (C=O) groups is 1. The molecule has 0 radical (unpaired) electrons. The van der Waals surface area contributed by atoms with E-state index >= 15 is 0 Å². The highest BCUT2D eigenvalue weighted by molar-refractivity contribution is 5.79. The van der Waals surface area contributed by atoms with Gasteiger partial charge in [0.1, 0.15) is 0 Å². The Morgan fingerprint density at radius 1 is 1.03 bits per heavy atom. The van der Waals surface area contributed by atoms with Crippen LogP contribution in [-0.4, -0.2) is 34.6 Å². The van der Waals surface area contributed by atoms with Crippen LogP contribution >= 0.6 is 0 Å². The molecule has 2 aromatic rings. The maximum Gasteiger partial charge on any atom is 0.220 e. The predicted octanol–water partition coefficient (Wildman–Crippen LogP) is 4.82. The molecule has 1 atom stereocenters. The molecule has 2 aliphatic carbocycles. The van der Waals surface area contributed by atoms with Crippen molar-refractivity contribution in [3.05, 3.63) is 24.3 Å².